The number of fused-ring (bicyclic) bond motifs is 3. The summed E-state index contributed by atoms with van der Waals surface area (Å²) in [6, 6.07) is 5.24. The second kappa shape index (κ2) is 7.13. The van der Waals surface area contributed by atoms with E-state index < -0.39 is 0 Å². The lowest BCUT2D eigenvalue weighted by molar-refractivity contribution is 0.293. The number of nitrogens with zero attached hydrogens (tertiary/aromatic N) is 3. The van der Waals surface area contributed by atoms with E-state index in [2.05, 4.69) is 14.8 Å². The third-order valence-electron chi connectivity index (χ3n) is 6.93. The van der Waals surface area contributed by atoms with E-state index in [1.54, 1.807) is 6.07 Å². The number of halogens is 1. The standard InChI is InChI=1S/C22H27FN4O2/c23-16-5-3-7-18-19(16)22(14-27(18)12-13-28)8-10-26(11-9-22)21-24-17-6-2-1-4-15(17)20(29)25-21/h3,5,7,28H,1-2,4,6,8-14H2,(H,24,25,29). The van der Waals surface area contributed by atoms with Gasteiger partial charge in [-0.05, 0) is 50.7 Å². The van der Waals surface area contributed by atoms with Crippen molar-refractivity contribution in [1.29, 1.82) is 0 Å². The number of hydrogen-bond donors (Lipinski definition) is 2. The Bertz CT molecular complexity index is 981. The first kappa shape index (κ1) is 18.6. The van der Waals surface area contributed by atoms with Crippen LogP contribution in [0.15, 0.2) is 23.0 Å². The second-order valence-electron chi connectivity index (χ2n) is 8.57. The number of piperidine rings is 1. The first-order chi connectivity index (χ1) is 14.1. The number of H-pyrrole nitrogens is 1. The molecule has 1 fully saturated rings. The summed E-state index contributed by atoms with van der Waals surface area (Å²) in [5, 5.41) is 9.44. The number of hydrogen-bond acceptors (Lipinski definition) is 5. The maximum absolute atomic E-state index is 14.8. The Morgan fingerprint density at radius 3 is 2.79 bits per heavy atom. The van der Waals surface area contributed by atoms with Crippen LogP contribution in [-0.2, 0) is 18.3 Å². The van der Waals surface area contributed by atoms with Crippen molar-refractivity contribution in [3.63, 3.8) is 0 Å². The number of benzene rings is 1. The number of aliphatic hydroxyl groups is 1. The molecule has 1 aliphatic carbocycles. The highest BCUT2D eigenvalue weighted by Crippen LogP contribution is 2.48. The Balaban J connectivity index is 1.41. The van der Waals surface area contributed by atoms with Gasteiger partial charge < -0.3 is 14.9 Å². The van der Waals surface area contributed by atoms with Gasteiger partial charge in [0.2, 0.25) is 5.95 Å². The molecule has 0 atom stereocenters. The van der Waals surface area contributed by atoms with Crippen molar-refractivity contribution in [3.05, 3.63) is 51.2 Å². The monoisotopic (exact) mass is 398 g/mol. The molecule has 2 aliphatic heterocycles. The first-order valence-electron chi connectivity index (χ1n) is 10.6. The lowest BCUT2D eigenvalue weighted by atomic mass is 9.74. The zero-order valence-electron chi connectivity index (χ0n) is 16.6. The zero-order valence-corrected chi connectivity index (χ0v) is 16.6. The summed E-state index contributed by atoms with van der Waals surface area (Å²) in [4.78, 5) is 24.5. The van der Waals surface area contributed by atoms with Gasteiger partial charge in [-0.15, -0.1) is 0 Å². The van der Waals surface area contributed by atoms with Gasteiger partial charge in [-0.3, -0.25) is 9.78 Å². The number of β-amino-alcohol motifs (C(OH)–C–C–N with tert-alkyl or cyclic N) is 1. The minimum atomic E-state index is -0.249. The highest BCUT2D eigenvalue weighted by atomic mass is 19.1. The van der Waals surface area contributed by atoms with Gasteiger partial charge in [0.1, 0.15) is 5.82 Å². The highest BCUT2D eigenvalue weighted by Gasteiger charge is 2.46. The highest BCUT2D eigenvalue weighted by molar-refractivity contribution is 5.64. The van der Waals surface area contributed by atoms with Gasteiger partial charge in [-0.25, -0.2) is 9.37 Å². The van der Waals surface area contributed by atoms with Gasteiger partial charge in [0, 0.05) is 48.4 Å². The van der Waals surface area contributed by atoms with Crippen molar-refractivity contribution in [2.45, 2.75) is 43.9 Å². The number of nitrogens with one attached hydrogen (secondary N) is 1. The van der Waals surface area contributed by atoms with Crippen LogP contribution in [0.2, 0.25) is 0 Å². The van der Waals surface area contributed by atoms with Crippen LogP contribution in [0.3, 0.4) is 0 Å². The molecule has 1 spiro atoms. The number of aromatic amines is 1. The number of rotatable bonds is 3. The molecule has 6 nitrogen and oxygen atoms in total. The number of aryl methyl sites for hydroxylation is 1. The molecule has 0 amide bonds. The van der Waals surface area contributed by atoms with Gasteiger partial charge >= 0.3 is 0 Å². The molecular weight excluding hydrogens is 371 g/mol. The largest absolute Gasteiger partial charge is 0.395 e. The van der Waals surface area contributed by atoms with E-state index in [-0.39, 0.29) is 23.4 Å². The number of aliphatic hydroxyl groups excluding tert-OH is 1. The Morgan fingerprint density at radius 1 is 1.21 bits per heavy atom. The van der Waals surface area contributed by atoms with Crippen molar-refractivity contribution in [2.24, 2.45) is 0 Å². The molecule has 5 rings (SSSR count). The zero-order chi connectivity index (χ0) is 20.0. The number of aromatic nitrogens is 2. The van der Waals surface area contributed by atoms with Crippen LogP contribution in [-0.4, -0.2) is 47.9 Å². The summed E-state index contributed by atoms with van der Waals surface area (Å²) in [6.45, 7) is 2.75. The molecule has 0 radical (unpaired) electrons. The summed E-state index contributed by atoms with van der Waals surface area (Å²) in [6.07, 6.45) is 5.42. The van der Waals surface area contributed by atoms with E-state index in [4.69, 9.17) is 4.98 Å². The minimum Gasteiger partial charge on any atom is -0.395 e. The van der Waals surface area contributed by atoms with E-state index in [0.29, 0.717) is 12.5 Å². The molecule has 2 N–H and O–H groups in total. The molecule has 1 aromatic carbocycles. The SMILES string of the molecule is O=c1[nH]c(N2CCC3(CC2)CN(CCO)c2cccc(F)c23)nc2c1CCCC2. The molecule has 2 aromatic rings. The fraction of sp³-hybridized carbons (Fsp3) is 0.545. The van der Waals surface area contributed by atoms with Crippen molar-refractivity contribution in [2.75, 3.05) is 42.6 Å². The van der Waals surface area contributed by atoms with Gasteiger partial charge in [0.05, 0.1) is 12.3 Å². The quantitative estimate of drug-likeness (QED) is 0.829. The summed E-state index contributed by atoms with van der Waals surface area (Å²) in [7, 11) is 0. The molecule has 0 unspecified atom stereocenters. The molecule has 29 heavy (non-hydrogen) atoms. The molecule has 7 heteroatoms. The predicted molar refractivity (Wildman–Crippen MR) is 110 cm³/mol. The van der Waals surface area contributed by atoms with Crippen LogP contribution in [0.4, 0.5) is 16.0 Å². The summed E-state index contributed by atoms with van der Waals surface area (Å²) >= 11 is 0. The summed E-state index contributed by atoms with van der Waals surface area (Å²) in [5.41, 5.74) is 3.24. The fourth-order valence-electron chi connectivity index (χ4n) is 5.45. The van der Waals surface area contributed by atoms with Gasteiger partial charge in [0.25, 0.3) is 5.56 Å². The topological polar surface area (TPSA) is 72.5 Å². The van der Waals surface area contributed by atoms with Gasteiger partial charge in [-0.2, -0.15) is 0 Å². The van der Waals surface area contributed by atoms with E-state index in [1.807, 2.05) is 6.07 Å². The first-order valence-corrected chi connectivity index (χ1v) is 10.6. The summed E-state index contributed by atoms with van der Waals surface area (Å²) < 4.78 is 14.8. The molecule has 1 saturated heterocycles. The molecular formula is C22H27FN4O2. The average Bonchev–Trinajstić information content (AvgIpc) is 3.03. The third kappa shape index (κ3) is 3.03. The van der Waals surface area contributed by atoms with Crippen molar-refractivity contribution in [1.82, 2.24) is 9.97 Å². The molecule has 3 heterocycles. The smallest absolute Gasteiger partial charge is 0.255 e. The second-order valence-corrected chi connectivity index (χ2v) is 8.57. The van der Waals surface area contributed by atoms with Crippen LogP contribution in [0, 0.1) is 5.82 Å². The lowest BCUT2D eigenvalue weighted by Gasteiger charge is -2.40. The van der Waals surface area contributed by atoms with Gasteiger partial charge in [0.15, 0.2) is 0 Å². The van der Waals surface area contributed by atoms with Crippen molar-refractivity contribution < 1.29 is 9.50 Å². The third-order valence-corrected chi connectivity index (χ3v) is 6.93. The van der Waals surface area contributed by atoms with Crippen LogP contribution in [0.5, 0.6) is 0 Å². The molecule has 1 aromatic heterocycles. The van der Waals surface area contributed by atoms with E-state index in [0.717, 1.165) is 80.7 Å². The Kier molecular flexibility index (Phi) is 4.57. The molecule has 154 valence electrons. The summed E-state index contributed by atoms with van der Waals surface area (Å²) in [5.74, 6) is 0.501. The van der Waals surface area contributed by atoms with Crippen LogP contribution in [0.25, 0.3) is 0 Å². The van der Waals surface area contributed by atoms with E-state index in [1.165, 1.54) is 6.07 Å². The molecule has 0 saturated carbocycles. The van der Waals surface area contributed by atoms with Crippen LogP contribution >= 0.6 is 0 Å². The Morgan fingerprint density at radius 2 is 2.00 bits per heavy atom. The van der Waals surface area contributed by atoms with Gasteiger partial charge in [-0.1, -0.05) is 6.07 Å². The van der Waals surface area contributed by atoms with Crippen LogP contribution < -0.4 is 15.4 Å². The Labute approximate surface area is 169 Å². The maximum atomic E-state index is 14.8. The molecule has 0 bridgehead atoms. The van der Waals surface area contributed by atoms with E-state index >= 15 is 0 Å². The Hall–Kier alpha value is -2.41. The van der Waals surface area contributed by atoms with Crippen molar-refractivity contribution in [3.8, 4) is 0 Å². The normalized spacial score (nSPS) is 20.1. The lowest BCUT2D eigenvalue weighted by Crippen LogP contribution is -2.46. The van der Waals surface area contributed by atoms with E-state index in [9.17, 15) is 14.3 Å². The fourth-order valence-corrected chi connectivity index (χ4v) is 5.45. The number of anilines is 2. The van der Waals surface area contributed by atoms with Crippen molar-refractivity contribution >= 4 is 11.6 Å². The predicted octanol–water partition coefficient (Wildman–Crippen LogP) is 2.14. The van der Waals surface area contributed by atoms with Crippen LogP contribution in [0.1, 0.15) is 42.5 Å². The molecule has 3 aliphatic rings. The maximum Gasteiger partial charge on any atom is 0.255 e. The minimum absolute atomic E-state index is 0.00337. The average molecular weight is 398 g/mol.